The number of rotatable bonds is 6. The van der Waals surface area contributed by atoms with Crippen LogP contribution in [-0.4, -0.2) is 21.2 Å². The van der Waals surface area contributed by atoms with Crippen LogP contribution in [0, 0.1) is 0 Å². The van der Waals surface area contributed by atoms with Crippen molar-refractivity contribution in [2.75, 3.05) is 0 Å². The van der Waals surface area contributed by atoms with Gasteiger partial charge in [0.25, 0.3) is 0 Å². The molecule has 3 aromatic heterocycles. The highest BCUT2D eigenvalue weighted by Crippen LogP contribution is 2.48. The zero-order valence-corrected chi connectivity index (χ0v) is 30.6. The number of aliphatic imine (C=N–C) groups is 1. The first kappa shape index (κ1) is 32.7. The molecule has 0 amide bonds. The molecule has 8 bridgehead atoms. The van der Waals surface area contributed by atoms with E-state index in [0.29, 0.717) is 0 Å². The standard InChI is InChI=1S/C50H34N4S/c1-6-16-33(17-7-1)45-38-32-51-49(50(38)55-37-24-14-5-15-25-37)48(36-22-12-4-13-23-36)44-31-30-43(54-44)47(35-20-10-3-11-21-35)42-29-28-41(53-42)46(34-18-8-2-9-19-34)40-27-26-39(45)52-40/h1-32,52,54H. The molecule has 260 valence electrons. The van der Waals surface area contributed by atoms with Crippen molar-refractivity contribution >= 4 is 57.9 Å². The molecule has 4 nitrogen and oxygen atoms in total. The molecule has 10 rings (SSSR count). The Balaban J connectivity index is 1.44. The smallest absolute Gasteiger partial charge is 0.0875 e. The number of H-pyrrole nitrogens is 2. The van der Waals surface area contributed by atoms with E-state index in [1.165, 1.54) is 0 Å². The molecule has 5 heterocycles. The second-order valence-corrected chi connectivity index (χ2v) is 14.6. The summed E-state index contributed by atoms with van der Waals surface area (Å²) in [6.45, 7) is 0. The second kappa shape index (κ2) is 14.1. The highest BCUT2D eigenvalue weighted by atomic mass is 32.2. The summed E-state index contributed by atoms with van der Waals surface area (Å²) in [4.78, 5) is 20.8. The van der Waals surface area contributed by atoms with Crippen molar-refractivity contribution in [1.82, 2.24) is 15.0 Å². The van der Waals surface area contributed by atoms with E-state index in [9.17, 15) is 0 Å². The summed E-state index contributed by atoms with van der Waals surface area (Å²) in [5, 5.41) is 0. The fourth-order valence-electron chi connectivity index (χ4n) is 7.63. The van der Waals surface area contributed by atoms with E-state index in [2.05, 4.69) is 204 Å². The van der Waals surface area contributed by atoms with E-state index in [4.69, 9.17) is 9.98 Å². The third-order valence-corrected chi connectivity index (χ3v) is 11.2. The molecular formula is C50H34N4S. The van der Waals surface area contributed by atoms with Gasteiger partial charge in [0, 0.05) is 65.9 Å². The van der Waals surface area contributed by atoms with Gasteiger partial charge >= 0.3 is 0 Å². The van der Waals surface area contributed by atoms with E-state index >= 15 is 0 Å². The van der Waals surface area contributed by atoms with Gasteiger partial charge in [0.1, 0.15) is 0 Å². The van der Waals surface area contributed by atoms with Gasteiger partial charge in [0.15, 0.2) is 0 Å². The van der Waals surface area contributed by atoms with E-state index in [-0.39, 0.29) is 0 Å². The number of fused-ring (bicyclic) bond motifs is 8. The Hall–Kier alpha value is -6.95. The Morgan fingerprint density at radius 1 is 0.382 bits per heavy atom. The first-order valence-electron chi connectivity index (χ1n) is 18.4. The predicted octanol–water partition coefficient (Wildman–Crippen LogP) is 13.7. The summed E-state index contributed by atoms with van der Waals surface area (Å²) in [7, 11) is 0. The van der Waals surface area contributed by atoms with Crippen LogP contribution in [-0.2, 0) is 0 Å². The summed E-state index contributed by atoms with van der Waals surface area (Å²) >= 11 is 1.75. The second-order valence-electron chi connectivity index (χ2n) is 13.5. The molecule has 0 radical (unpaired) electrons. The molecular weight excluding hydrogens is 689 g/mol. The summed E-state index contributed by atoms with van der Waals surface area (Å²) in [5.41, 5.74) is 16.3. The van der Waals surface area contributed by atoms with Gasteiger partial charge in [0.05, 0.1) is 17.1 Å². The quantitative estimate of drug-likeness (QED) is 0.180. The van der Waals surface area contributed by atoms with E-state index in [1.807, 2.05) is 0 Å². The molecule has 0 atom stereocenters. The monoisotopic (exact) mass is 722 g/mol. The molecule has 55 heavy (non-hydrogen) atoms. The van der Waals surface area contributed by atoms with Crippen LogP contribution >= 0.6 is 11.8 Å². The molecule has 2 aliphatic heterocycles. The summed E-state index contributed by atoms with van der Waals surface area (Å²) in [5.74, 6) is 0. The minimum Gasteiger partial charge on any atom is -0.354 e. The number of benzene rings is 5. The maximum absolute atomic E-state index is 5.41. The van der Waals surface area contributed by atoms with Crippen LogP contribution < -0.4 is 0 Å². The van der Waals surface area contributed by atoms with Gasteiger partial charge in [-0.05, 0) is 70.8 Å². The van der Waals surface area contributed by atoms with Crippen molar-refractivity contribution < 1.29 is 0 Å². The van der Waals surface area contributed by atoms with Crippen molar-refractivity contribution in [2.45, 2.75) is 9.79 Å². The zero-order chi connectivity index (χ0) is 36.6. The van der Waals surface area contributed by atoms with E-state index in [1.54, 1.807) is 11.8 Å². The SMILES string of the molecule is C1=Cc2nc1c(-c1ccccc1)c1ccc([nH]1)c(-c1ccccc1)c1c(Sc3ccccc3)c(c(-c3ccccc3)c3ccc([nH]3)c2-c2ccccc2)N=C1. The van der Waals surface area contributed by atoms with Gasteiger partial charge in [-0.25, -0.2) is 4.98 Å². The maximum Gasteiger partial charge on any atom is 0.0875 e. The number of aromatic nitrogens is 3. The van der Waals surface area contributed by atoms with Crippen LogP contribution in [0.4, 0.5) is 5.69 Å². The highest BCUT2D eigenvalue weighted by molar-refractivity contribution is 7.99. The predicted molar refractivity (Wildman–Crippen MR) is 232 cm³/mol. The van der Waals surface area contributed by atoms with Gasteiger partial charge in [-0.15, -0.1) is 0 Å². The number of nitrogens with one attached hydrogen (secondary N) is 2. The molecule has 0 saturated heterocycles. The summed E-state index contributed by atoms with van der Waals surface area (Å²) < 4.78 is 0. The lowest BCUT2D eigenvalue weighted by Crippen LogP contribution is -1.89. The Bertz CT molecular complexity index is 2730. The molecule has 8 aromatic rings. The summed E-state index contributed by atoms with van der Waals surface area (Å²) in [6, 6.07) is 61.7. The Morgan fingerprint density at radius 3 is 1.24 bits per heavy atom. The average Bonchev–Trinajstić information content (AvgIpc) is 4.08. The molecule has 0 fully saturated rings. The lowest BCUT2D eigenvalue weighted by Gasteiger charge is -2.11. The topological polar surface area (TPSA) is 56.8 Å². The van der Waals surface area contributed by atoms with Gasteiger partial charge in [-0.1, -0.05) is 151 Å². The van der Waals surface area contributed by atoms with Crippen LogP contribution in [0.3, 0.4) is 0 Å². The summed E-state index contributed by atoms with van der Waals surface area (Å²) in [6.07, 6.45) is 6.35. The van der Waals surface area contributed by atoms with Crippen molar-refractivity contribution in [3.63, 3.8) is 0 Å². The van der Waals surface area contributed by atoms with Crippen molar-refractivity contribution in [1.29, 1.82) is 0 Å². The van der Waals surface area contributed by atoms with Crippen molar-refractivity contribution in [3.8, 4) is 44.5 Å². The minimum atomic E-state index is 0.897. The molecule has 2 N–H and O–H groups in total. The fourth-order valence-corrected chi connectivity index (χ4v) is 8.68. The largest absolute Gasteiger partial charge is 0.354 e. The third-order valence-electron chi connectivity index (χ3n) is 10.1. The van der Waals surface area contributed by atoms with Crippen molar-refractivity contribution in [3.05, 3.63) is 193 Å². The minimum absolute atomic E-state index is 0.897. The Kier molecular flexibility index (Phi) is 8.39. The van der Waals surface area contributed by atoms with Crippen LogP contribution in [0.2, 0.25) is 0 Å². The normalized spacial score (nSPS) is 11.9. The van der Waals surface area contributed by atoms with Gasteiger partial charge in [0.2, 0.25) is 0 Å². The molecule has 0 spiro atoms. The van der Waals surface area contributed by atoms with Gasteiger partial charge < -0.3 is 9.97 Å². The van der Waals surface area contributed by atoms with Crippen LogP contribution in [0.15, 0.2) is 191 Å². The van der Waals surface area contributed by atoms with E-state index in [0.717, 1.165) is 99.0 Å². The van der Waals surface area contributed by atoms with Crippen molar-refractivity contribution in [2.24, 2.45) is 4.99 Å². The average molecular weight is 723 g/mol. The third kappa shape index (κ3) is 6.11. The molecule has 2 aliphatic rings. The first-order chi connectivity index (χ1) is 27.3. The van der Waals surface area contributed by atoms with E-state index < -0.39 is 0 Å². The molecule has 5 aromatic carbocycles. The van der Waals surface area contributed by atoms with Crippen LogP contribution in [0.5, 0.6) is 0 Å². The number of aromatic amines is 2. The number of nitrogens with zero attached hydrogens (tertiary/aromatic N) is 2. The fraction of sp³-hybridized carbons (Fsp3) is 0. The number of hydrogen-bond donors (Lipinski definition) is 2. The zero-order valence-electron chi connectivity index (χ0n) is 29.8. The van der Waals surface area contributed by atoms with Gasteiger partial charge in [-0.2, -0.15) is 0 Å². The highest BCUT2D eigenvalue weighted by Gasteiger charge is 2.23. The van der Waals surface area contributed by atoms with Crippen LogP contribution in [0.25, 0.3) is 78.7 Å². The Labute approximate surface area is 323 Å². The molecule has 0 aliphatic carbocycles. The maximum atomic E-state index is 5.41. The lowest BCUT2D eigenvalue weighted by molar-refractivity contribution is 1.32. The Morgan fingerprint density at radius 2 is 0.764 bits per heavy atom. The first-order valence-corrected chi connectivity index (χ1v) is 19.2. The molecule has 5 heteroatoms. The molecule has 0 saturated carbocycles. The molecule has 0 unspecified atom stereocenters. The lowest BCUT2D eigenvalue weighted by atomic mass is 10.0. The van der Waals surface area contributed by atoms with Crippen LogP contribution in [0.1, 0.15) is 17.0 Å². The van der Waals surface area contributed by atoms with Gasteiger partial charge in [-0.3, -0.25) is 4.99 Å². The number of hydrogen-bond acceptors (Lipinski definition) is 3.